The van der Waals surface area contributed by atoms with Crippen molar-refractivity contribution >= 4 is 16.6 Å². The lowest BCUT2D eigenvalue weighted by Crippen LogP contribution is -2.09. The van der Waals surface area contributed by atoms with Crippen LogP contribution in [0.1, 0.15) is 5.69 Å². The lowest BCUT2D eigenvalue weighted by Gasteiger charge is -2.11. The zero-order chi connectivity index (χ0) is 14.7. The van der Waals surface area contributed by atoms with Crippen LogP contribution in [0.3, 0.4) is 0 Å². The van der Waals surface area contributed by atoms with E-state index in [1.165, 1.54) is 5.69 Å². The molecule has 0 saturated carbocycles. The fraction of sp³-hybridized carbons (Fsp3) is 0.250. The summed E-state index contributed by atoms with van der Waals surface area (Å²) in [4.78, 5) is 4.43. The molecule has 3 aromatic rings. The van der Waals surface area contributed by atoms with E-state index in [2.05, 4.69) is 21.5 Å². The number of hydrogen-bond donors (Lipinski definition) is 1. The first kappa shape index (κ1) is 13.4. The number of fused-ring (bicyclic) bond motifs is 1. The minimum Gasteiger partial charge on any atom is -0.496 e. The van der Waals surface area contributed by atoms with E-state index in [4.69, 9.17) is 4.74 Å². The van der Waals surface area contributed by atoms with E-state index in [9.17, 15) is 0 Å². The van der Waals surface area contributed by atoms with Gasteiger partial charge in [-0.2, -0.15) is 5.10 Å². The Morgan fingerprint density at radius 1 is 1.14 bits per heavy atom. The van der Waals surface area contributed by atoms with Crippen LogP contribution in [0.5, 0.6) is 5.75 Å². The zero-order valence-electron chi connectivity index (χ0n) is 12.2. The van der Waals surface area contributed by atoms with Gasteiger partial charge in [-0.1, -0.05) is 12.1 Å². The van der Waals surface area contributed by atoms with Gasteiger partial charge in [0.2, 0.25) is 0 Å². The lowest BCUT2D eigenvalue weighted by atomic mass is 10.1. The molecule has 1 N–H and O–H groups in total. The Morgan fingerprint density at radius 3 is 2.81 bits per heavy atom. The number of pyridine rings is 1. The van der Waals surface area contributed by atoms with Crippen molar-refractivity contribution in [2.24, 2.45) is 7.05 Å². The predicted octanol–water partition coefficient (Wildman–Crippen LogP) is 2.63. The molecule has 1 aromatic carbocycles. The van der Waals surface area contributed by atoms with Crippen LogP contribution in [0.2, 0.25) is 0 Å². The largest absolute Gasteiger partial charge is 0.496 e. The van der Waals surface area contributed by atoms with Crippen LogP contribution < -0.4 is 10.1 Å². The molecule has 0 bridgehead atoms. The number of benzene rings is 1. The van der Waals surface area contributed by atoms with Gasteiger partial charge in [-0.15, -0.1) is 0 Å². The highest BCUT2D eigenvalue weighted by Crippen LogP contribution is 2.28. The van der Waals surface area contributed by atoms with Gasteiger partial charge in [0, 0.05) is 48.9 Å². The fourth-order valence-electron chi connectivity index (χ4n) is 2.45. The van der Waals surface area contributed by atoms with E-state index in [0.29, 0.717) is 0 Å². The van der Waals surface area contributed by atoms with Crippen LogP contribution in [-0.2, 0) is 13.5 Å². The number of aryl methyl sites for hydroxylation is 1. The fourth-order valence-corrected chi connectivity index (χ4v) is 2.45. The van der Waals surface area contributed by atoms with Crippen LogP contribution in [0.4, 0.5) is 5.82 Å². The SMILES string of the molecule is COc1cccc2c(NCCc3ccnn3C)nccc12. The predicted molar refractivity (Wildman–Crippen MR) is 83.7 cm³/mol. The highest BCUT2D eigenvalue weighted by Gasteiger charge is 2.06. The zero-order valence-corrected chi connectivity index (χ0v) is 12.2. The number of nitrogens with one attached hydrogen (secondary N) is 1. The molecule has 0 aliphatic rings. The molecular formula is C16H18N4O. The number of methoxy groups -OCH3 is 1. The van der Waals surface area contributed by atoms with Crippen molar-refractivity contribution in [2.45, 2.75) is 6.42 Å². The van der Waals surface area contributed by atoms with Crippen LogP contribution >= 0.6 is 0 Å². The molecule has 108 valence electrons. The quantitative estimate of drug-likeness (QED) is 0.781. The van der Waals surface area contributed by atoms with E-state index in [-0.39, 0.29) is 0 Å². The van der Waals surface area contributed by atoms with Crippen molar-refractivity contribution in [1.29, 1.82) is 0 Å². The Balaban J connectivity index is 1.79. The average Bonchev–Trinajstić information content (AvgIpc) is 2.92. The summed E-state index contributed by atoms with van der Waals surface area (Å²) in [6, 6.07) is 10.00. The van der Waals surface area contributed by atoms with Crippen molar-refractivity contribution in [3.05, 3.63) is 48.4 Å². The Labute approximate surface area is 123 Å². The number of anilines is 1. The number of ether oxygens (including phenoxy) is 1. The maximum atomic E-state index is 5.39. The maximum absolute atomic E-state index is 5.39. The topological polar surface area (TPSA) is 52.0 Å². The highest BCUT2D eigenvalue weighted by molar-refractivity contribution is 5.95. The highest BCUT2D eigenvalue weighted by atomic mass is 16.5. The normalized spacial score (nSPS) is 10.8. The Bertz CT molecular complexity index is 751. The monoisotopic (exact) mass is 282 g/mol. The number of rotatable bonds is 5. The van der Waals surface area contributed by atoms with Crippen LogP contribution in [0, 0.1) is 0 Å². The van der Waals surface area contributed by atoms with Crippen LogP contribution in [0.15, 0.2) is 42.7 Å². The Morgan fingerprint density at radius 2 is 2.05 bits per heavy atom. The lowest BCUT2D eigenvalue weighted by molar-refractivity contribution is 0.420. The minimum atomic E-state index is 0.808. The molecule has 2 aromatic heterocycles. The molecule has 21 heavy (non-hydrogen) atoms. The number of hydrogen-bond acceptors (Lipinski definition) is 4. The van der Waals surface area contributed by atoms with Gasteiger partial charge in [-0.25, -0.2) is 4.98 Å². The van der Waals surface area contributed by atoms with Crippen molar-refractivity contribution in [3.8, 4) is 5.75 Å². The van der Waals surface area contributed by atoms with Crippen molar-refractivity contribution in [1.82, 2.24) is 14.8 Å². The van der Waals surface area contributed by atoms with Crippen LogP contribution in [-0.4, -0.2) is 28.4 Å². The molecule has 0 unspecified atom stereocenters. The van der Waals surface area contributed by atoms with Crippen molar-refractivity contribution in [2.75, 3.05) is 19.0 Å². The molecule has 0 saturated heterocycles. The van der Waals surface area contributed by atoms with Crippen molar-refractivity contribution in [3.63, 3.8) is 0 Å². The average molecular weight is 282 g/mol. The second-order valence-corrected chi connectivity index (χ2v) is 4.84. The Kier molecular flexibility index (Phi) is 3.73. The third kappa shape index (κ3) is 2.67. The van der Waals surface area contributed by atoms with Gasteiger partial charge in [0.1, 0.15) is 11.6 Å². The molecule has 0 atom stereocenters. The molecular weight excluding hydrogens is 264 g/mol. The minimum absolute atomic E-state index is 0.808. The van der Waals surface area contributed by atoms with Gasteiger partial charge in [0.15, 0.2) is 0 Å². The second-order valence-electron chi connectivity index (χ2n) is 4.84. The summed E-state index contributed by atoms with van der Waals surface area (Å²) in [5.74, 6) is 1.75. The molecule has 0 aliphatic heterocycles. The summed E-state index contributed by atoms with van der Waals surface area (Å²) in [6.07, 6.45) is 4.52. The molecule has 0 radical (unpaired) electrons. The smallest absolute Gasteiger partial charge is 0.133 e. The third-order valence-corrected chi connectivity index (χ3v) is 3.58. The molecule has 0 amide bonds. The van der Waals surface area contributed by atoms with Gasteiger partial charge in [-0.3, -0.25) is 4.68 Å². The first-order chi connectivity index (χ1) is 10.3. The maximum Gasteiger partial charge on any atom is 0.133 e. The van der Waals surface area contributed by atoms with Crippen molar-refractivity contribution < 1.29 is 4.74 Å². The first-order valence-electron chi connectivity index (χ1n) is 6.92. The molecule has 0 spiro atoms. The first-order valence-corrected chi connectivity index (χ1v) is 6.92. The number of nitrogens with zero attached hydrogens (tertiary/aromatic N) is 3. The van der Waals surface area contributed by atoms with E-state index in [1.54, 1.807) is 13.3 Å². The standard InChI is InChI=1S/C16H18N4O/c1-20-12(7-11-19-20)6-9-17-16-14-4-3-5-15(21-2)13(14)8-10-18-16/h3-5,7-8,10-11H,6,9H2,1-2H3,(H,17,18). The van der Waals surface area contributed by atoms with Gasteiger partial charge in [-0.05, 0) is 18.2 Å². The van der Waals surface area contributed by atoms with Gasteiger partial charge in [0.25, 0.3) is 0 Å². The van der Waals surface area contributed by atoms with Gasteiger partial charge < -0.3 is 10.1 Å². The molecule has 3 rings (SSSR count). The Hall–Kier alpha value is -2.56. The van der Waals surface area contributed by atoms with E-state index in [1.807, 2.05) is 42.2 Å². The molecule has 2 heterocycles. The summed E-state index contributed by atoms with van der Waals surface area (Å²) >= 11 is 0. The molecule has 5 nitrogen and oxygen atoms in total. The molecule has 0 fully saturated rings. The van der Waals surface area contributed by atoms with Crippen LogP contribution in [0.25, 0.3) is 10.8 Å². The summed E-state index contributed by atoms with van der Waals surface area (Å²) in [5, 5.41) is 9.71. The summed E-state index contributed by atoms with van der Waals surface area (Å²) < 4.78 is 7.28. The van der Waals surface area contributed by atoms with E-state index < -0.39 is 0 Å². The van der Waals surface area contributed by atoms with Gasteiger partial charge in [0.05, 0.1) is 7.11 Å². The molecule has 5 heteroatoms. The summed E-state index contributed by atoms with van der Waals surface area (Å²) in [5.41, 5.74) is 1.19. The van der Waals surface area contributed by atoms with Gasteiger partial charge >= 0.3 is 0 Å². The summed E-state index contributed by atoms with van der Waals surface area (Å²) in [7, 11) is 3.64. The second kappa shape index (κ2) is 5.83. The van der Waals surface area contributed by atoms with E-state index in [0.717, 1.165) is 35.3 Å². The van der Waals surface area contributed by atoms with E-state index >= 15 is 0 Å². The third-order valence-electron chi connectivity index (χ3n) is 3.58. The molecule has 0 aliphatic carbocycles. The number of aromatic nitrogens is 3. The summed E-state index contributed by atoms with van der Waals surface area (Å²) in [6.45, 7) is 0.808.